The fraction of sp³-hybridized carbons (Fsp3) is 0.273. The summed E-state index contributed by atoms with van der Waals surface area (Å²) in [6.07, 6.45) is -0.716. The van der Waals surface area contributed by atoms with Crippen molar-refractivity contribution in [2.75, 3.05) is 24.7 Å². The highest BCUT2D eigenvalue weighted by molar-refractivity contribution is 5.99. The van der Waals surface area contributed by atoms with Crippen LogP contribution in [0.1, 0.15) is 21.5 Å². The number of carboxylic acid groups (broad SMARTS) is 1. The third kappa shape index (κ3) is 6.10. The number of amides is 1. The van der Waals surface area contributed by atoms with E-state index in [0.717, 1.165) is 15.5 Å². The summed E-state index contributed by atoms with van der Waals surface area (Å²) in [4.78, 5) is 61.8. The van der Waals surface area contributed by atoms with Crippen molar-refractivity contribution >= 4 is 39.4 Å². The van der Waals surface area contributed by atoms with Gasteiger partial charge in [0.25, 0.3) is 11.5 Å². The van der Waals surface area contributed by atoms with Gasteiger partial charge in [0.15, 0.2) is 0 Å². The normalized spacial score (nSPS) is 15.8. The van der Waals surface area contributed by atoms with Gasteiger partial charge in [0.05, 0.1) is 40.9 Å². The Balaban J connectivity index is 1.32. The summed E-state index contributed by atoms with van der Waals surface area (Å²) in [6.45, 7) is 0.547. The van der Waals surface area contributed by atoms with Crippen LogP contribution in [0.2, 0.25) is 0 Å². The Morgan fingerprint density at radius 2 is 1.90 bits per heavy atom. The van der Waals surface area contributed by atoms with Crippen molar-refractivity contribution < 1.29 is 37.0 Å². The Morgan fingerprint density at radius 1 is 1.12 bits per heavy atom. The van der Waals surface area contributed by atoms with Crippen LogP contribution in [-0.2, 0) is 23.0 Å². The molecule has 6 rings (SSSR count). The number of pyridine rings is 2. The van der Waals surface area contributed by atoms with Crippen molar-refractivity contribution in [1.82, 2.24) is 24.4 Å². The standard InChI is InChI=1S/C33H28F4N6O6/c1-17-12-19(42-10-11-49-16-26(42)33(35,36)37)14-22(34)27(17)29(44)40-23(31(46)47)13-18-5-6-25(28-20(18)4-3-8-39-28)43-30(45)21-15-38-9-7-24(21)41(2)32(43)48/h3-9,12,14-15,23,26H,10-11,13,16H2,1-2H3,(H,40,44)(H,46,47). The first-order valence-electron chi connectivity index (χ1n) is 15.0. The first kappa shape index (κ1) is 33.3. The Bertz CT molecular complexity index is 2230. The summed E-state index contributed by atoms with van der Waals surface area (Å²) in [5.41, 5.74) is -0.795. The van der Waals surface area contributed by atoms with E-state index in [1.807, 2.05) is 0 Å². The maximum absolute atomic E-state index is 15.4. The zero-order valence-electron chi connectivity index (χ0n) is 26.0. The number of aromatic nitrogens is 4. The molecule has 4 heterocycles. The highest BCUT2D eigenvalue weighted by atomic mass is 19.4. The minimum absolute atomic E-state index is 0.000616. The molecule has 0 aliphatic carbocycles. The number of ether oxygens (including phenoxy) is 1. The van der Waals surface area contributed by atoms with Gasteiger partial charge in [-0.05, 0) is 48.4 Å². The largest absolute Gasteiger partial charge is 0.480 e. The molecule has 49 heavy (non-hydrogen) atoms. The van der Waals surface area contributed by atoms with Gasteiger partial charge in [-0.1, -0.05) is 12.1 Å². The molecule has 2 N–H and O–H groups in total. The lowest BCUT2D eigenvalue weighted by Crippen LogP contribution is -2.53. The molecule has 0 saturated carbocycles. The number of hydrogen-bond acceptors (Lipinski definition) is 8. The molecule has 1 aliphatic heterocycles. The number of morpholine rings is 1. The topological polar surface area (TPSA) is 149 Å². The first-order valence-corrected chi connectivity index (χ1v) is 15.0. The van der Waals surface area contributed by atoms with Gasteiger partial charge in [0, 0.05) is 49.7 Å². The molecule has 3 aromatic heterocycles. The molecule has 0 radical (unpaired) electrons. The lowest BCUT2D eigenvalue weighted by molar-refractivity contribution is -0.167. The molecule has 1 fully saturated rings. The van der Waals surface area contributed by atoms with Crippen LogP contribution in [0.4, 0.5) is 23.2 Å². The molecule has 12 nitrogen and oxygen atoms in total. The van der Waals surface area contributed by atoms with Crippen molar-refractivity contribution in [2.45, 2.75) is 31.6 Å². The van der Waals surface area contributed by atoms with Gasteiger partial charge in [-0.25, -0.2) is 18.5 Å². The van der Waals surface area contributed by atoms with E-state index in [4.69, 9.17) is 4.74 Å². The number of carbonyl (C=O) groups is 2. The highest BCUT2D eigenvalue weighted by Gasteiger charge is 2.45. The number of benzene rings is 2. The Morgan fingerprint density at radius 3 is 2.61 bits per heavy atom. The number of halogens is 4. The molecule has 2 atom stereocenters. The molecule has 16 heteroatoms. The summed E-state index contributed by atoms with van der Waals surface area (Å²) in [5.74, 6) is -3.65. The van der Waals surface area contributed by atoms with Crippen LogP contribution in [0.25, 0.3) is 27.5 Å². The molecule has 0 bridgehead atoms. The number of carbonyl (C=O) groups excluding carboxylic acids is 1. The van der Waals surface area contributed by atoms with Gasteiger partial charge >= 0.3 is 17.8 Å². The second-order valence-corrected chi connectivity index (χ2v) is 11.5. The van der Waals surface area contributed by atoms with Gasteiger partial charge < -0.3 is 20.1 Å². The second-order valence-electron chi connectivity index (χ2n) is 11.5. The number of nitrogens with zero attached hydrogens (tertiary/aromatic N) is 5. The molecule has 2 aromatic carbocycles. The Labute approximate surface area is 274 Å². The summed E-state index contributed by atoms with van der Waals surface area (Å²) >= 11 is 0. The van der Waals surface area contributed by atoms with Crippen LogP contribution in [0, 0.1) is 12.7 Å². The Hall–Kier alpha value is -5.64. The van der Waals surface area contributed by atoms with Gasteiger partial charge in [-0.15, -0.1) is 0 Å². The van der Waals surface area contributed by atoms with Gasteiger partial charge in [0.2, 0.25) is 0 Å². The molecule has 0 spiro atoms. The lowest BCUT2D eigenvalue weighted by Gasteiger charge is -2.38. The maximum Gasteiger partial charge on any atom is 0.411 e. The van der Waals surface area contributed by atoms with Gasteiger partial charge in [-0.3, -0.25) is 24.1 Å². The molecule has 1 saturated heterocycles. The minimum atomic E-state index is -4.65. The van der Waals surface area contributed by atoms with E-state index in [-0.39, 0.29) is 47.4 Å². The summed E-state index contributed by atoms with van der Waals surface area (Å²) in [5, 5.41) is 12.9. The highest BCUT2D eigenvalue weighted by Crippen LogP contribution is 2.33. The smallest absolute Gasteiger partial charge is 0.411 e. The van der Waals surface area contributed by atoms with E-state index in [9.17, 15) is 37.5 Å². The fourth-order valence-electron chi connectivity index (χ4n) is 6.11. The molecular weight excluding hydrogens is 652 g/mol. The molecule has 2 unspecified atom stereocenters. The van der Waals surface area contributed by atoms with Crippen LogP contribution in [0.5, 0.6) is 0 Å². The zero-order chi connectivity index (χ0) is 35.2. The predicted octanol–water partition coefficient (Wildman–Crippen LogP) is 3.27. The number of nitrogens with one attached hydrogen (secondary N) is 1. The number of rotatable bonds is 7. The number of fused-ring (bicyclic) bond motifs is 2. The molecule has 5 aromatic rings. The van der Waals surface area contributed by atoms with E-state index in [1.54, 1.807) is 12.1 Å². The van der Waals surface area contributed by atoms with Crippen LogP contribution in [-0.4, -0.2) is 74.1 Å². The van der Waals surface area contributed by atoms with Crippen LogP contribution >= 0.6 is 0 Å². The van der Waals surface area contributed by atoms with Crippen molar-refractivity contribution in [3.05, 3.63) is 104 Å². The van der Waals surface area contributed by atoms with Crippen LogP contribution in [0.3, 0.4) is 0 Å². The molecule has 254 valence electrons. The minimum Gasteiger partial charge on any atom is -0.480 e. The zero-order valence-corrected chi connectivity index (χ0v) is 26.0. The number of hydrogen-bond donors (Lipinski definition) is 2. The number of anilines is 1. The summed E-state index contributed by atoms with van der Waals surface area (Å²) in [6, 6.07) is 6.13. The number of aryl methyl sites for hydroxylation is 2. The SMILES string of the molecule is Cc1cc(N2CCOCC2C(F)(F)F)cc(F)c1C(=O)NC(Cc1ccc(-n2c(=O)c3cnccc3n(C)c2=O)c2ncccc12)C(=O)O. The lowest BCUT2D eigenvalue weighted by atomic mass is 9.99. The van der Waals surface area contributed by atoms with Crippen molar-refractivity contribution in [3.63, 3.8) is 0 Å². The first-order chi connectivity index (χ1) is 23.3. The molecule has 1 amide bonds. The number of aliphatic carboxylic acids is 1. The maximum atomic E-state index is 15.4. The molecular formula is C33H28F4N6O6. The van der Waals surface area contributed by atoms with E-state index >= 15 is 4.39 Å². The monoisotopic (exact) mass is 680 g/mol. The van der Waals surface area contributed by atoms with E-state index in [0.29, 0.717) is 16.5 Å². The predicted molar refractivity (Wildman–Crippen MR) is 170 cm³/mol. The average molecular weight is 681 g/mol. The van der Waals surface area contributed by atoms with E-state index < -0.39 is 59.4 Å². The van der Waals surface area contributed by atoms with Gasteiger partial charge in [-0.2, -0.15) is 13.2 Å². The van der Waals surface area contributed by atoms with Crippen molar-refractivity contribution in [3.8, 4) is 5.69 Å². The third-order valence-electron chi connectivity index (χ3n) is 8.52. The summed E-state index contributed by atoms with van der Waals surface area (Å²) < 4.78 is 63.5. The van der Waals surface area contributed by atoms with Crippen LogP contribution < -0.4 is 21.5 Å². The fourth-order valence-corrected chi connectivity index (χ4v) is 6.11. The van der Waals surface area contributed by atoms with Crippen molar-refractivity contribution in [1.29, 1.82) is 0 Å². The number of carboxylic acids is 1. The third-order valence-corrected chi connectivity index (χ3v) is 8.52. The average Bonchev–Trinajstić information content (AvgIpc) is 3.07. The second kappa shape index (κ2) is 12.8. The van der Waals surface area contributed by atoms with E-state index in [2.05, 4.69) is 15.3 Å². The van der Waals surface area contributed by atoms with E-state index in [1.165, 1.54) is 61.4 Å². The van der Waals surface area contributed by atoms with Crippen molar-refractivity contribution in [2.24, 2.45) is 7.05 Å². The summed E-state index contributed by atoms with van der Waals surface area (Å²) in [7, 11) is 1.50. The quantitative estimate of drug-likeness (QED) is 0.247. The molecule has 1 aliphatic rings. The van der Waals surface area contributed by atoms with Crippen LogP contribution in [0.15, 0.2) is 70.6 Å². The van der Waals surface area contributed by atoms with Gasteiger partial charge in [0.1, 0.15) is 17.9 Å². The number of alkyl halides is 3. The Kier molecular flexibility index (Phi) is 8.66.